The van der Waals surface area contributed by atoms with Crippen molar-refractivity contribution in [1.82, 2.24) is 5.32 Å². The molecule has 0 spiro atoms. The maximum Gasteiger partial charge on any atom is 0.692 e. The Bertz CT molecular complexity index is 259. The highest BCUT2D eigenvalue weighted by Gasteiger charge is 2.01. The van der Waals surface area contributed by atoms with Crippen LogP contribution in [-0.4, -0.2) is 41.6 Å². The topological polar surface area (TPSA) is 124 Å². The van der Waals surface area contributed by atoms with Gasteiger partial charge in [-0.2, -0.15) is 8.42 Å². The molecule has 9 heteroatoms. The van der Waals surface area contributed by atoms with E-state index in [0.29, 0.717) is 6.54 Å². The normalized spacial score (nSPS) is 9.93. The second-order valence-corrected chi connectivity index (χ2v) is 4.11. The zero-order chi connectivity index (χ0) is 11.6. The van der Waals surface area contributed by atoms with E-state index in [4.69, 9.17) is 18.9 Å². The van der Waals surface area contributed by atoms with Gasteiger partial charge in [0.1, 0.15) is 0 Å². The summed E-state index contributed by atoms with van der Waals surface area (Å²) in [5, 5.41) is 2.73. The van der Waals surface area contributed by atoms with Crippen LogP contribution >= 0.6 is 8.25 Å². The highest BCUT2D eigenvalue weighted by Crippen LogP contribution is 1.98. The van der Waals surface area contributed by atoms with Crippen molar-refractivity contribution < 1.29 is 27.3 Å². The van der Waals surface area contributed by atoms with Crippen molar-refractivity contribution >= 4 is 18.4 Å². The Hall–Kier alpha value is -0.370. The Balaban J connectivity index is 0. The van der Waals surface area contributed by atoms with E-state index >= 15 is 0 Å². The quantitative estimate of drug-likeness (QED) is 0.218. The fraction of sp³-hybridized carbons (Fsp3) is 0.600. The minimum Gasteiger partial charge on any atom is -0.312 e. The lowest BCUT2D eigenvalue weighted by Crippen LogP contribution is -2.22. The summed E-state index contributed by atoms with van der Waals surface area (Å²) in [6.07, 6.45) is 1.62. The van der Waals surface area contributed by atoms with E-state index in [1.54, 1.807) is 6.08 Å². The molecule has 0 heterocycles. The molecule has 0 fully saturated rings. The average molecular weight is 246 g/mol. The van der Waals surface area contributed by atoms with E-state index < -0.39 is 18.4 Å². The molecule has 84 valence electrons. The number of hydrogen-bond acceptors (Lipinski definition) is 4. The Morgan fingerprint density at radius 2 is 1.86 bits per heavy atom. The Labute approximate surface area is 83.2 Å². The molecule has 0 aliphatic carbocycles. The van der Waals surface area contributed by atoms with Gasteiger partial charge in [0.25, 0.3) is 10.1 Å². The SMILES string of the molecule is C=CCNCCS(=O)(=O)O.O=[P+](O)O. The zero-order valence-electron chi connectivity index (χ0n) is 7.33. The fourth-order valence-electron chi connectivity index (χ4n) is 0.405. The smallest absolute Gasteiger partial charge is 0.312 e. The van der Waals surface area contributed by atoms with E-state index in [1.807, 2.05) is 0 Å². The highest BCUT2D eigenvalue weighted by molar-refractivity contribution is 7.85. The second kappa shape index (κ2) is 9.20. The van der Waals surface area contributed by atoms with E-state index in [2.05, 4.69) is 11.9 Å². The van der Waals surface area contributed by atoms with Crippen molar-refractivity contribution in [2.45, 2.75) is 0 Å². The predicted molar refractivity (Wildman–Crippen MR) is 51.5 cm³/mol. The molecule has 14 heavy (non-hydrogen) atoms. The third-order valence-electron chi connectivity index (χ3n) is 0.825. The van der Waals surface area contributed by atoms with Gasteiger partial charge >= 0.3 is 8.25 Å². The van der Waals surface area contributed by atoms with Crippen LogP contribution in [0.2, 0.25) is 0 Å². The van der Waals surface area contributed by atoms with Gasteiger partial charge in [0.15, 0.2) is 0 Å². The van der Waals surface area contributed by atoms with Crippen LogP contribution in [0.3, 0.4) is 0 Å². The van der Waals surface area contributed by atoms with Gasteiger partial charge in [0.05, 0.1) is 5.75 Å². The van der Waals surface area contributed by atoms with Crippen LogP contribution in [0.1, 0.15) is 0 Å². The van der Waals surface area contributed by atoms with Crippen LogP contribution in [0.15, 0.2) is 12.7 Å². The molecule has 0 radical (unpaired) electrons. The van der Waals surface area contributed by atoms with Gasteiger partial charge in [-0.25, -0.2) is 0 Å². The lowest BCUT2D eigenvalue weighted by atomic mass is 10.6. The van der Waals surface area contributed by atoms with Gasteiger partial charge in [-0.1, -0.05) is 6.08 Å². The van der Waals surface area contributed by atoms with Crippen LogP contribution in [0.25, 0.3) is 0 Å². The summed E-state index contributed by atoms with van der Waals surface area (Å²) in [7, 11) is -6.67. The third kappa shape index (κ3) is 29.9. The molecule has 0 aliphatic rings. The van der Waals surface area contributed by atoms with Crippen LogP contribution in [0.4, 0.5) is 0 Å². The molecule has 0 aromatic carbocycles. The zero-order valence-corrected chi connectivity index (χ0v) is 9.04. The predicted octanol–water partition coefficient (Wildman–Crippen LogP) is -0.722. The molecule has 4 N–H and O–H groups in total. The largest absolute Gasteiger partial charge is 0.692 e. The molecule has 0 aromatic heterocycles. The second-order valence-electron chi connectivity index (χ2n) is 2.03. The van der Waals surface area contributed by atoms with Gasteiger partial charge in [-0.05, 0) is 0 Å². The van der Waals surface area contributed by atoms with Crippen molar-refractivity contribution in [2.24, 2.45) is 0 Å². The maximum atomic E-state index is 10.1. The minimum atomic E-state index is -3.80. The van der Waals surface area contributed by atoms with Crippen molar-refractivity contribution in [1.29, 1.82) is 0 Å². The first-order chi connectivity index (χ1) is 6.29. The van der Waals surface area contributed by atoms with Crippen molar-refractivity contribution in [2.75, 3.05) is 18.8 Å². The van der Waals surface area contributed by atoms with Crippen molar-refractivity contribution in [3.63, 3.8) is 0 Å². The lowest BCUT2D eigenvalue weighted by molar-refractivity contribution is 0.405. The van der Waals surface area contributed by atoms with Gasteiger partial charge in [0.2, 0.25) is 0 Å². The van der Waals surface area contributed by atoms with E-state index in [0.717, 1.165) is 0 Å². The number of nitrogens with one attached hydrogen (secondary N) is 1. The summed E-state index contributed by atoms with van der Waals surface area (Å²) in [6, 6.07) is 0. The Morgan fingerprint density at radius 3 is 2.14 bits per heavy atom. The molecular formula is C5H13NO6PS+. The van der Waals surface area contributed by atoms with Crippen LogP contribution in [-0.2, 0) is 14.7 Å². The first-order valence-corrected chi connectivity index (χ1v) is 6.19. The monoisotopic (exact) mass is 246 g/mol. The fourth-order valence-corrected chi connectivity index (χ4v) is 0.808. The summed E-state index contributed by atoms with van der Waals surface area (Å²) in [5.74, 6) is -0.249. The van der Waals surface area contributed by atoms with Crippen LogP contribution in [0.5, 0.6) is 0 Å². The molecule has 0 saturated heterocycles. The molecular weight excluding hydrogens is 233 g/mol. The highest BCUT2D eigenvalue weighted by atomic mass is 32.2. The molecule has 0 unspecified atom stereocenters. The molecule has 0 aliphatic heterocycles. The van der Waals surface area contributed by atoms with Gasteiger partial charge in [-0.3, -0.25) is 4.55 Å². The first kappa shape index (κ1) is 16.1. The van der Waals surface area contributed by atoms with Gasteiger partial charge in [-0.15, -0.1) is 16.4 Å². The third-order valence-corrected chi connectivity index (χ3v) is 1.55. The summed E-state index contributed by atoms with van der Waals surface area (Å²) in [4.78, 5) is 14.2. The lowest BCUT2D eigenvalue weighted by Gasteiger charge is -1.97. The summed E-state index contributed by atoms with van der Waals surface area (Å²) >= 11 is 0. The summed E-state index contributed by atoms with van der Waals surface area (Å²) < 4.78 is 37.1. The summed E-state index contributed by atoms with van der Waals surface area (Å²) in [5.41, 5.74) is 0. The van der Waals surface area contributed by atoms with Crippen LogP contribution in [0, 0.1) is 0 Å². The number of hydrogen-bond donors (Lipinski definition) is 4. The molecule has 7 nitrogen and oxygen atoms in total. The average Bonchev–Trinajstić information content (AvgIpc) is 1.95. The molecule has 0 amide bonds. The summed E-state index contributed by atoms with van der Waals surface area (Å²) in [6.45, 7) is 4.23. The molecule has 0 aromatic rings. The van der Waals surface area contributed by atoms with E-state index in [-0.39, 0.29) is 12.3 Å². The molecule has 0 rings (SSSR count). The van der Waals surface area contributed by atoms with Gasteiger partial charge in [0, 0.05) is 17.7 Å². The molecule has 0 bridgehead atoms. The number of rotatable bonds is 5. The van der Waals surface area contributed by atoms with Gasteiger partial charge < -0.3 is 5.32 Å². The molecule has 0 saturated carbocycles. The van der Waals surface area contributed by atoms with Crippen molar-refractivity contribution in [3.05, 3.63) is 12.7 Å². The Kier molecular flexibility index (Phi) is 10.6. The van der Waals surface area contributed by atoms with E-state index in [9.17, 15) is 8.42 Å². The standard InChI is InChI=1S/C5H11NO3S.HO3P/c1-2-3-6-4-5-10(7,8)9;1-4(2)3/h2,6H,1,3-5H2,(H,7,8,9);(H-,1,2,3)/p+1. The van der Waals surface area contributed by atoms with E-state index in [1.165, 1.54) is 0 Å². The van der Waals surface area contributed by atoms with Crippen molar-refractivity contribution in [3.8, 4) is 0 Å². The minimum absolute atomic E-state index is 0.249. The first-order valence-electron chi connectivity index (χ1n) is 3.41. The maximum absolute atomic E-state index is 10.1. The van der Waals surface area contributed by atoms with Crippen LogP contribution < -0.4 is 5.32 Å². The molecule has 0 atom stereocenters. The Morgan fingerprint density at radius 1 is 1.43 bits per heavy atom.